The number of aromatic nitrogens is 2. The number of fused-ring (bicyclic) bond motifs is 1. The zero-order valence-electron chi connectivity index (χ0n) is 13.4. The van der Waals surface area contributed by atoms with Crippen LogP contribution in [0.3, 0.4) is 0 Å². The number of rotatable bonds is 4. The summed E-state index contributed by atoms with van der Waals surface area (Å²) in [4.78, 5) is 3.73. The number of methoxy groups -OCH3 is 1. The Bertz CT molecular complexity index is 521. The number of nitrogens with one attached hydrogen (secondary N) is 1. The molecule has 0 unspecified atom stereocenters. The Kier molecular flexibility index (Phi) is 4.96. The number of imidazole rings is 1. The minimum Gasteiger partial charge on any atom is -0.381 e. The molecule has 0 radical (unpaired) electrons. The van der Waals surface area contributed by atoms with Gasteiger partial charge in [0.05, 0.1) is 6.10 Å². The second-order valence-corrected chi connectivity index (χ2v) is 6.71. The predicted octanol–water partition coefficient (Wildman–Crippen LogP) is 3.01. The third-order valence-electron chi connectivity index (χ3n) is 5.08. The fourth-order valence-corrected chi connectivity index (χ4v) is 3.65. The number of hydrogen-bond donors (Lipinski definition) is 1. The molecule has 23 heavy (non-hydrogen) atoms. The molecule has 4 nitrogen and oxygen atoms in total. The summed E-state index contributed by atoms with van der Waals surface area (Å²) in [7, 11) is 1.76. The third kappa shape index (κ3) is 4.07. The first-order valence-corrected chi connectivity index (χ1v) is 8.35. The number of alkyl halides is 3. The summed E-state index contributed by atoms with van der Waals surface area (Å²) in [5.41, 5.74) is -0.765. The molecule has 1 atom stereocenters. The first-order chi connectivity index (χ1) is 11.0. The van der Waals surface area contributed by atoms with Crippen molar-refractivity contribution in [2.75, 3.05) is 13.7 Å². The summed E-state index contributed by atoms with van der Waals surface area (Å²) in [6.45, 7) is 1.49. The van der Waals surface area contributed by atoms with Gasteiger partial charge in [-0.3, -0.25) is 0 Å². The monoisotopic (exact) mass is 331 g/mol. The molecular weight excluding hydrogens is 307 g/mol. The van der Waals surface area contributed by atoms with E-state index in [0.29, 0.717) is 36.9 Å². The third-order valence-corrected chi connectivity index (χ3v) is 5.08. The molecule has 2 aliphatic rings. The van der Waals surface area contributed by atoms with Gasteiger partial charge in [0.25, 0.3) is 0 Å². The van der Waals surface area contributed by atoms with Crippen LogP contribution in [0.4, 0.5) is 13.2 Å². The second-order valence-electron chi connectivity index (χ2n) is 6.71. The molecule has 0 saturated heterocycles. The Labute approximate surface area is 134 Å². The van der Waals surface area contributed by atoms with Gasteiger partial charge in [0.1, 0.15) is 5.82 Å². The van der Waals surface area contributed by atoms with E-state index in [1.165, 1.54) is 0 Å². The topological polar surface area (TPSA) is 39.1 Å². The van der Waals surface area contributed by atoms with Crippen molar-refractivity contribution < 1.29 is 17.9 Å². The first-order valence-electron chi connectivity index (χ1n) is 8.35. The molecule has 1 aliphatic carbocycles. The molecule has 2 heterocycles. The van der Waals surface area contributed by atoms with Crippen LogP contribution < -0.4 is 5.32 Å². The SMILES string of the molecule is COC1CCC(NC[C@H]2CCc3nc(C(F)(F)F)cn3C2)CC1. The molecule has 0 spiro atoms. The molecule has 0 aromatic carbocycles. The number of nitrogens with zero attached hydrogens (tertiary/aromatic N) is 2. The minimum atomic E-state index is -4.35. The van der Waals surface area contributed by atoms with Gasteiger partial charge in [-0.25, -0.2) is 4.98 Å². The lowest BCUT2D eigenvalue weighted by Gasteiger charge is -2.31. The Hall–Kier alpha value is -1.08. The number of ether oxygens (including phenoxy) is 1. The summed E-state index contributed by atoms with van der Waals surface area (Å²) in [6.07, 6.45) is 3.10. The van der Waals surface area contributed by atoms with Gasteiger partial charge in [-0.15, -0.1) is 0 Å². The lowest BCUT2D eigenvalue weighted by Crippen LogP contribution is -2.39. The molecule has 1 N–H and O–H groups in total. The lowest BCUT2D eigenvalue weighted by atomic mass is 9.92. The zero-order valence-corrected chi connectivity index (χ0v) is 13.4. The largest absolute Gasteiger partial charge is 0.434 e. The average Bonchev–Trinajstić information content (AvgIpc) is 2.97. The van der Waals surface area contributed by atoms with Crippen LogP contribution in [0.25, 0.3) is 0 Å². The van der Waals surface area contributed by atoms with Crippen LogP contribution in [0.2, 0.25) is 0 Å². The Morgan fingerprint density at radius 3 is 2.65 bits per heavy atom. The van der Waals surface area contributed by atoms with Gasteiger partial charge in [0.15, 0.2) is 5.69 Å². The van der Waals surface area contributed by atoms with E-state index in [1.54, 1.807) is 11.7 Å². The fraction of sp³-hybridized carbons (Fsp3) is 0.812. The second kappa shape index (κ2) is 6.81. The van der Waals surface area contributed by atoms with Gasteiger partial charge in [-0.2, -0.15) is 13.2 Å². The van der Waals surface area contributed by atoms with Gasteiger partial charge < -0.3 is 14.6 Å². The van der Waals surface area contributed by atoms with E-state index in [-0.39, 0.29) is 0 Å². The van der Waals surface area contributed by atoms with Crippen LogP contribution in [-0.4, -0.2) is 35.4 Å². The highest BCUT2D eigenvalue weighted by Gasteiger charge is 2.35. The molecule has 130 valence electrons. The Balaban J connectivity index is 1.49. The number of halogens is 3. The molecule has 1 saturated carbocycles. The van der Waals surface area contributed by atoms with Crippen molar-refractivity contribution in [1.82, 2.24) is 14.9 Å². The zero-order chi connectivity index (χ0) is 16.4. The minimum absolute atomic E-state index is 0.373. The highest BCUT2D eigenvalue weighted by molar-refractivity contribution is 5.09. The highest BCUT2D eigenvalue weighted by Crippen LogP contribution is 2.30. The maximum absolute atomic E-state index is 12.7. The molecule has 0 bridgehead atoms. The molecule has 1 aromatic heterocycles. The average molecular weight is 331 g/mol. The van der Waals surface area contributed by atoms with Crippen molar-refractivity contribution in [3.8, 4) is 0 Å². The van der Waals surface area contributed by atoms with E-state index >= 15 is 0 Å². The van der Waals surface area contributed by atoms with Gasteiger partial charge in [0, 0.05) is 32.3 Å². The van der Waals surface area contributed by atoms with Crippen LogP contribution in [0.1, 0.15) is 43.6 Å². The first kappa shape index (κ1) is 16.8. The van der Waals surface area contributed by atoms with E-state index in [2.05, 4.69) is 10.3 Å². The van der Waals surface area contributed by atoms with Gasteiger partial charge in [-0.1, -0.05) is 0 Å². The maximum atomic E-state index is 12.7. The van der Waals surface area contributed by atoms with Crippen molar-refractivity contribution in [1.29, 1.82) is 0 Å². The van der Waals surface area contributed by atoms with Crippen LogP contribution >= 0.6 is 0 Å². The van der Waals surface area contributed by atoms with Gasteiger partial charge in [-0.05, 0) is 44.6 Å². The molecular formula is C16H24F3N3O. The smallest absolute Gasteiger partial charge is 0.381 e. The number of hydrogen-bond acceptors (Lipinski definition) is 3. The normalized spacial score (nSPS) is 28.6. The summed E-state index contributed by atoms with van der Waals surface area (Å²) in [5.74, 6) is 0.937. The standard InChI is InChI=1S/C16H24F3N3O/c1-23-13-5-3-12(4-6-13)20-8-11-2-7-15-21-14(16(17,18)19)10-22(15)9-11/h10-13,20H,2-9H2,1H3/t11-,12?,13?/m1/s1. The fourth-order valence-electron chi connectivity index (χ4n) is 3.65. The molecule has 3 rings (SSSR count). The Morgan fingerprint density at radius 2 is 2.00 bits per heavy atom. The number of aryl methyl sites for hydroxylation is 1. The van der Waals surface area contributed by atoms with E-state index < -0.39 is 11.9 Å². The van der Waals surface area contributed by atoms with Gasteiger partial charge >= 0.3 is 6.18 Å². The lowest BCUT2D eigenvalue weighted by molar-refractivity contribution is -0.141. The van der Waals surface area contributed by atoms with Gasteiger partial charge in [0.2, 0.25) is 0 Å². The van der Waals surface area contributed by atoms with Crippen molar-refractivity contribution in [2.24, 2.45) is 5.92 Å². The summed E-state index contributed by atoms with van der Waals surface area (Å²) < 4.78 is 45.2. The van der Waals surface area contributed by atoms with Crippen molar-refractivity contribution in [3.05, 3.63) is 17.7 Å². The predicted molar refractivity (Wildman–Crippen MR) is 80.1 cm³/mol. The van der Waals surface area contributed by atoms with Crippen LogP contribution in [0, 0.1) is 5.92 Å². The molecule has 0 amide bonds. The van der Waals surface area contributed by atoms with Crippen LogP contribution in [-0.2, 0) is 23.9 Å². The van der Waals surface area contributed by atoms with Crippen molar-refractivity contribution in [2.45, 2.75) is 63.4 Å². The highest BCUT2D eigenvalue weighted by atomic mass is 19.4. The van der Waals surface area contributed by atoms with Crippen LogP contribution in [0.15, 0.2) is 6.20 Å². The summed E-state index contributed by atoms with van der Waals surface area (Å²) >= 11 is 0. The van der Waals surface area contributed by atoms with E-state index in [9.17, 15) is 13.2 Å². The summed E-state index contributed by atoms with van der Waals surface area (Å²) in [6, 6.07) is 0.510. The molecule has 1 aromatic rings. The van der Waals surface area contributed by atoms with E-state index in [1.807, 2.05) is 0 Å². The van der Waals surface area contributed by atoms with E-state index in [4.69, 9.17) is 4.74 Å². The van der Waals surface area contributed by atoms with Crippen LogP contribution in [0.5, 0.6) is 0 Å². The Morgan fingerprint density at radius 1 is 1.26 bits per heavy atom. The molecule has 1 fully saturated rings. The molecule has 7 heteroatoms. The van der Waals surface area contributed by atoms with Crippen molar-refractivity contribution in [3.63, 3.8) is 0 Å². The molecule has 1 aliphatic heterocycles. The van der Waals surface area contributed by atoms with E-state index in [0.717, 1.165) is 44.8 Å². The van der Waals surface area contributed by atoms with Crippen molar-refractivity contribution >= 4 is 0 Å². The maximum Gasteiger partial charge on any atom is 0.434 e. The quantitative estimate of drug-likeness (QED) is 0.922. The summed E-state index contributed by atoms with van der Waals surface area (Å²) in [5, 5.41) is 3.59.